The summed E-state index contributed by atoms with van der Waals surface area (Å²) in [6.45, 7) is 0.360. The molecule has 5 heteroatoms. The van der Waals surface area contributed by atoms with Crippen molar-refractivity contribution in [3.05, 3.63) is 59.5 Å². The third-order valence-corrected chi connectivity index (χ3v) is 3.22. The Bertz CT molecular complexity index is 740. The van der Waals surface area contributed by atoms with Gasteiger partial charge in [0.1, 0.15) is 6.61 Å². The van der Waals surface area contributed by atoms with Crippen LogP contribution in [0, 0.1) is 0 Å². The zero-order valence-corrected chi connectivity index (χ0v) is 11.7. The number of imidazole rings is 1. The Morgan fingerprint density at radius 2 is 1.95 bits per heavy atom. The van der Waals surface area contributed by atoms with Gasteiger partial charge in [-0.25, -0.2) is 4.98 Å². The van der Waals surface area contributed by atoms with Crippen LogP contribution < -0.4 is 9.47 Å². The summed E-state index contributed by atoms with van der Waals surface area (Å²) in [4.78, 5) is 4.45. The molecule has 0 saturated carbocycles. The summed E-state index contributed by atoms with van der Waals surface area (Å²) in [5, 5.41) is 0.621. The van der Waals surface area contributed by atoms with Gasteiger partial charge < -0.3 is 13.9 Å². The van der Waals surface area contributed by atoms with E-state index in [1.807, 2.05) is 53.2 Å². The number of fused-ring (bicyclic) bond motifs is 1. The van der Waals surface area contributed by atoms with Gasteiger partial charge in [-0.1, -0.05) is 23.7 Å². The first-order valence-electron chi connectivity index (χ1n) is 6.16. The number of para-hydroxylation sites is 2. The van der Waals surface area contributed by atoms with E-state index in [0.29, 0.717) is 23.1 Å². The average Bonchev–Trinajstić information content (AvgIpc) is 2.90. The summed E-state index contributed by atoms with van der Waals surface area (Å²) >= 11 is 6.09. The van der Waals surface area contributed by atoms with E-state index in [0.717, 1.165) is 11.3 Å². The van der Waals surface area contributed by atoms with Crippen molar-refractivity contribution in [3.63, 3.8) is 0 Å². The largest absolute Gasteiger partial charge is 0.493 e. The van der Waals surface area contributed by atoms with Crippen LogP contribution in [0.4, 0.5) is 0 Å². The van der Waals surface area contributed by atoms with Crippen molar-refractivity contribution in [1.29, 1.82) is 0 Å². The van der Waals surface area contributed by atoms with Crippen molar-refractivity contribution >= 4 is 17.2 Å². The molecule has 0 aliphatic rings. The first-order chi connectivity index (χ1) is 9.78. The number of methoxy groups -OCH3 is 1. The molecule has 4 nitrogen and oxygen atoms in total. The van der Waals surface area contributed by atoms with Crippen LogP contribution in [0.3, 0.4) is 0 Å². The molecule has 102 valence electrons. The monoisotopic (exact) mass is 288 g/mol. The molecular formula is C15H13ClN2O2. The van der Waals surface area contributed by atoms with Crippen molar-refractivity contribution in [2.24, 2.45) is 0 Å². The third kappa shape index (κ3) is 2.42. The summed E-state index contributed by atoms with van der Waals surface area (Å²) in [7, 11) is 1.62. The SMILES string of the molecule is COc1ccccc1OCc1cn2cccc(Cl)c2n1. The van der Waals surface area contributed by atoms with Crippen LogP contribution in [-0.4, -0.2) is 16.5 Å². The second-order valence-corrected chi connectivity index (χ2v) is 4.67. The van der Waals surface area contributed by atoms with Crippen LogP contribution in [0.25, 0.3) is 5.65 Å². The van der Waals surface area contributed by atoms with Crippen LogP contribution in [0.1, 0.15) is 5.69 Å². The predicted octanol–water partition coefficient (Wildman–Crippen LogP) is 3.58. The second-order valence-electron chi connectivity index (χ2n) is 4.26. The van der Waals surface area contributed by atoms with Crippen LogP contribution in [0.2, 0.25) is 5.02 Å². The van der Waals surface area contributed by atoms with Crippen molar-refractivity contribution in [3.8, 4) is 11.5 Å². The lowest BCUT2D eigenvalue weighted by Crippen LogP contribution is -1.97. The molecule has 1 aromatic carbocycles. The maximum atomic E-state index is 6.09. The Hall–Kier alpha value is -2.20. The van der Waals surface area contributed by atoms with Crippen LogP contribution >= 0.6 is 11.6 Å². The molecule has 0 N–H and O–H groups in total. The molecule has 0 saturated heterocycles. The number of benzene rings is 1. The molecule has 0 fully saturated rings. The van der Waals surface area contributed by atoms with Gasteiger partial charge in [0.25, 0.3) is 0 Å². The quantitative estimate of drug-likeness (QED) is 0.736. The van der Waals surface area contributed by atoms with Crippen molar-refractivity contribution in [1.82, 2.24) is 9.38 Å². The van der Waals surface area contributed by atoms with Gasteiger partial charge in [-0.2, -0.15) is 0 Å². The minimum atomic E-state index is 0.360. The molecule has 2 aromatic heterocycles. The fourth-order valence-electron chi connectivity index (χ4n) is 1.99. The van der Waals surface area contributed by atoms with Crippen molar-refractivity contribution in [2.75, 3.05) is 7.11 Å². The third-order valence-electron chi connectivity index (χ3n) is 2.93. The zero-order valence-electron chi connectivity index (χ0n) is 10.9. The van der Waals surface area contributed by atoms with E-state index in [1.165, 1.54) is 0 Å². The number of halogens is 1. The first kappa shape index (κ1) is 12.8. The van der Waals surface area contributed by atoms with E-state index in [4.69, 9.17) is 21.1 Å². The summed E-state index contributed by atoms with van der Waals surface area (Å²) in [6.07, 6.45) is 3.80. The van der Waals surface area contributed by atoms with Gasteiger partial charge in [0.2, 0.25) is 0 Å². The van der Waals surface area contributed by atoms with E-state index in [2.05, 4.69) is 4.98 Å². The van der Waals surface area contributed by atoms with E-state index < -0.39 is 0 Å². The Kier molecular flexibility index (Phi) is 3.48. The summed E-state index contributed by atoms with van der Waals surface area (Å²) in [5.41, 5.74) is 1.54. The summed E-state index contributed by atoms with van der Waals surface area (Å²) in [6, 6.07) is 11.2. The number of aromatic nitrogens is 2. The normalized spacial score (nSPS) is 10.7. The maximum absolute atomic E-state index is 6.09. The minimum absolute atomic E-state index is 0.360. The number of rotatable bonds is 4. The minimum Gasteiger partial charge on any atom is -0.493 e. The molecule has 3 aromatic rings. The summed E-state index contributed by atoms with van der Waals surface area (Å²) < 4.78 is 12.9. The number of pyridine rings is 1. The highest BCUT2D eigenvalue weighted by Gasteiger charge is 2.07. The van der Waals surface area contributed by atoms with Gasteiger partial charge in [-0.05, 0) is 24.3 Å². The molecule has 0 spiro atoms. The number of ether oxygens (including phenoxy) is 2. The maximum Gasteiger partial charge on any atom is 0.161 e. The lowest BCUT2D eigenvalue weighted by atomic mass is 10.3. The number of hydrogen-bond acceptors (Lipinski definition) is 3. The molecule has 3 rings (SSSR count). The lowest BCUT2D eigenvalue weighted by Gasteiger charge is -2.08. The number of nitrogens with zero attached hydrogens (tertiary/aromatic N) is 2. The highest BCUT2D eigenvalue weighted by atomic mass is 35.5. The van der Waals surface area contributed by atoms with E-state index >= 15 is 0 Å². The molecule has 0 bridgehead atoms. The van der Waals surface area contributed by atoms with E-state index in [1.54, 1.807) is 7.11 Å². The van der Waals surface area contributed by atoms with Crippen molar-refractivity contribution < 1.29 is 9.47 Å². The topological polar surface area (TPSA) is 35.8 Å². The zero-order chi connectivity index (χ0) is 13.9. The average molecular weight is 289 g/mol. The molecule has 0 atom stereocenters. The first-order valence-corrected chi connectivity index (χ1v) is 6.53. The highest BCUT2D eigenvalue weighted by Crippen LogP contribution is 2.26. The second kappa shape index (κ2) is 5.43. The van der Waals surface area contributed by atoms with Gasteiger partial charge in [0.15, 0.2) is 17.1 Å². The van der Waals surface area contributed by atoms with Gasteiger partial charge in [0, 0.05) is 12.4 Å². The van der Waals surface area contributed by atoms with Crippen LogP contribution in [0.15, 0.2) is 48.8 Å². The smallest absolute Gasteiger partial charge is 0.161 e. The number of hydrogen-bond donors (Lipinski definition) is 0. The summed E-state index contributed by atoms with van der Waals surface area (Å²) in [5.74, 6) is 1.40. The van der Waals surface area contributed by atoms with Gasteiger partial charge >= 0.3 is 0 Å². The Morgan fingerprint density at radius 3 is 2.70 bits per heavy atom. The van der Waals surface area contributed by atoms with Gasteiger partial charge in [-0.15, -0.1) is 0 Å². The predicted molar refractivity (Wildman–Crippen MR) is 77.5 cm³/mol. The molecule has 2 heterocycles. The molecule has 0 aliphatic heterocycles. The van der Waals surface area contributed by atoms with E-state index in [9.17, 15) is 0 Å². The Labute approximate surface area is 121 Å². The Morgan fingerprint density at radius 1 is 1.15 bits per heavy atom. The standard InChI is InChI=1S/C15H13ClN2O2/c1-19-13-6-2-3-7-14(13)20-10-11-9-18-8-4-5-12(16)15(18)17-11/h2-9H,10H2,1H3. The van der Waals surface area contributed by atoms with Crippen LogP contribution in [-0.2, 0) is 6.61 Å². The molecule has 0 amide bonds. The molecule has 0 aliphatic carbocycles. The molecule has 0 unspecified atom stereocenters. The van der Waals surface area contributed by atoms with Crippen molar-refractivity contribution in [2.45, 2.75) is 6.61 Å². The van der Waals surface area contributed by atoms with Gasteiger partial charge in [0.05, 0.1) is 17.8 Å². The van der Waals surface area contributed by atoms with E-state index in [-0.39, 0.29) is 0 Å². The molecular weight excluding hydrogens is 276 g/mol. The highest BCUT2D eigenvalue weighted by molar-refractivity contribution is 6.33. The Balaban J connectivity index is 1.82. The lowest BCUT2D eigenvalue weighted by molar-refractivity contribution is 0.281. The molecule has 0 radical (unpaired) electrons. The van der Waals surface area contributed by atoms with Crippen LogP contribution in [0.5, 0.6) is 11.5 Å². The fourth-order valence-corrected chi connectivity index (χ4v) is 2.20. The van der Waals surface area contributed by atoms with Gasteiger partial charge in [-0.3, -0.25) is 0 Å². The fraction of sp³-hybridized carbons (Fsp3) is 0.133. The molecule has 20 heavy (non-hydrogen) atoms.